The van der Waals surface area contributed by atoms with Crippen molar-refractivity contribution in [3.05, 3.63) is 91.5 Å². The zero-order valence-corrected chi connectivity index (χ0v) is 26.1. The summed E-state index contributed by atoms with van der Waals surface area (Å²) < 4.78 is 7.02. The molecule has 3 saturated heterocycles. The summed E-state index contributed by atoms with van der Waals surface area (Å²) in [6.07, 6.45) is 4.93. The van der Waals surface area contributed by atoms with Gasteiger partial charge in [0.05, 0.1) is 30.1 Å². The first-order chi connectivity index (χ1) is 21.2. The Bertz CT molecular complexity index is 1380. The number of nitrogens with zero attached hydrogens (tertiary/aromatic N) is 3. The van der Waals surface area contributed by atoms with Gasteiger partial charge in [0, 0.05) is 25.3 Å². The SMILES string of the molecule is C=CCN(Cc1ccccc1)C(=O)C1N([C@@H](CO)C(C)C)C(=O)[C@@H]2[C@H](C(=O)N(CC=C)c3ccccc3)[C@]3(CC)CCC12O3. The Morgan fingerprint density at radius 3 is 2.23 bits per heavy atom. The maximum absolute atomic E-state index is 14.8. The van der Waals surface area contributed by atoms with Crippen molar-refractivity contribution in [2.45, 2.75) is 69.9 Å². The number of rotatable bonds is 13. The first-order valence-electron chi connectivity index (χ1n) is 15.7. The molecule has 2 aromatic carbocycles. The molecule has 5 rings (SSSR count). The summed E-state index contributed by atoms with van der Waals surface area (Å²) in [6, 6.07) is 17.5. The van der Waals surface area contributed by atoms with Crippen LogP contribution in [-0.4, -0.2) is 75.6 Å². The van der Waals surface area contributed by atoms with Crippen molar-refractivity contribution in [3.63, 3.8) is 0 Å². The monoisotopic (exact) mass is 599 g/mol. The number of anilines is 1. The molecule has 3 heterocycles. The molecule has 1 N–H and O–H groups in total. The van der Waals surface area contributed by atoms with Crippen molar-refractivity contribution in [1.29, 1.82) is 0 Å². The van der Waals surface area contributed by atoms with E-state index >= 15 is 0 Å². The molecule has 0 aromatic heterocycles. The van der Waals surface area contributed by atoms with Gasteiger partial charge in [-0.3, -0.25) is 14.4 Å². The van der Waals surface area contributed by atoms with E-state index in [9.17, 15) is 19.5 Å². The number of benzene rings is 2. The molecule has 234 valence electrons. The summed E-state index contributed by atoms with van der Waals surface area (Å²) >= 11 is 0. The van der Waals surface area contributed by atoms with Gasteiger partial charge in [-0.05, 0) is 42.9 Å². The standard InChI is InChI=1S/C36H45N3O5/c1-6-21-37(23-26-15-11-9-12-16-26)34(43)31-36-20-19-35(8-3,44-36)29(30(36)33(42)39(31)28(24-40)25(4)5)32(41)38(22-7-2)27-17-13-10-14-18-27/h6-7,9-18,25,28-31,40H,1-2,8,19-24H2,3-5H3/t28-,29+,30-,31?,35-,36?/m0/s1. The number of amides is 3. The fourth-order valence-corrected chi connectivity index (χ4v) is 7.88. The van der Waals surface area contributed by atoms with Gasteiger partial charge in [-0.25, -0.2) is 0 Å². The van der Waals surface area contributed by atoms with E-state index in [1.807, 2.05) is 81.4 Å². The first-order valence-corrected chi connectivity index (χ1v) is 15.7. The Hall–Kier alpha value is -3.75. The molecule has 3 fully saturated rings. The highest BCUT2D eigenvalue weighted by molar-refractivity contribution is 6.03. The van der Waals surface area contributed by atoms with Gasteiger partial charge in [-0.1, -0.05) is 81.5 Å². The first kappa shape index (κ1) is 31.7. The molecule has 3 aliphatic heterocycles. The molecule has 44 heavy (non-hydrogen) atoms. The highest BCUT2D eigenvalue weighted by Crippen LogP contribution is 2.65. The van der Waals surface area contributed by atoms with Gasteiger partial charge in [-0.2, -0.15) is 0 Å². The maximum atomic E-state index is 14.8. The summed E-state index contributed by atoms with van der Waals surface area (Å²) in [7, 11) is 0. The number of carbonyl (C=O) groups excluding carboxylic acids is 3. The molecule has 6 atom stereocenters. The lowest BCUT2D eigenvalue weighted by Crippen LogP contribution is -2.59. The molecule has 3 amide bonds. The fraction of sp³-hybridized carbons (Fsp3) is 0.472. The van der Waals surface area contributed by atoms with Crippen LogP contribution in [-0.2, 0) is 25.7 Å². The average molecular weight is 600 g/mol. The summed E-state index contributed by atoms with van der Waals surface area (Å²) in [6.45, 7) is 14.2. The van der Waals surface area contributed by atoms with E-state index in [0.717, 1.165) is 5.56 Å². The van der Waals surface area contributed by atoms with Crippen LogP contribution in [0.5, 0.6) is 0 Å². The summed E-state index contributed by atoms with van der Waals surface area (Å²) in [4.78, 5) is 49.2. The van der Waals surface area contributed by atoms with Gasteiger partial charge in [-0.15, -0.1) is 13.2 Å². The summed E-state index contributed by atoms with van der Waals surface area (Å²) in [5.74, 6) is -2.54. The van der Waals surface area contributed by atoms with E-state index in [0.29, 0.717) is 31.5 Å². The predicted molar refractivity (Wildman–Crippen MR) is 170 cm³/mol. The minimum Gasteiger partial charge on any atom is -0.394 e. The molecule has 0 aliphatic carbocycles. The van der Waals surface area contributed by atoms with E-state index in [-0.39, 0.29) is 43.3 Å². The third-order valence-electron chi connectivity index (χ3n) is 9.96. The Kier molecular flexibility index (Phi) is 9.14. The van der Waals surface area contributed by atoms with Crippen molar-refractivity contribution >= 4 is 23.4 Å². The largest absolute Gasteiger partial charge is 0.394 e. The van der Waals surface area contributed by atoms with Gasteiger partial charge in [0.1, 0.15) is 11.6 Å². The smallest absolute Gasteiger partial charge is 0.249 e. The highest BCUT2D eigenvalue weighted by Gasteiger charge is 2.79. The summed E-state index contributed by atoms with van der Waals surface area (Å²) in [5.41, 5.74) is -0.413. The normalized spacial score (nSPS) is 27.7. The topological polar surface area (TPSA) is 90.4 Å². The summed E-state index contributed by atoms with van der Waals surface area (Å²) in [5, 5.41) is 10.6. The van der Waals surface area contributed by atoms with Crippen LogP contribution in [0.3, 0.4) is 0 Å². The molecule has 2 unspecified atom stereocenters. The Morgan fingerprint density at radius 1 is 1.02 bits per heavy atom. The van der Waals surface area contributed by atoms with Gasteiger partial charge in [0.2, 0.25) is 17.7 Å². The number of aliphatic hydroxyl groups excluding tert-OH is 1. The van der Waals surface area contributed by atoms with Crippen molar-refractivity contribution in [1.82, 2.24) is 9.80 Å². The molecular weight excluding hydrogens is 554 g/mol. The van der Waals surface area contributed by atoms with Crippen LogP contribution < -0.4 is 4.90 Å². The molecule has 0 saturated carbocycles. The fourth-order valence-electron chi connectivity index (χ4n) is 7.88. The quantitative estimate of drug-likeness (QED) is 0.340. The Morgan fingerprint density at radius 2 is 1.66 bits per heavy atom. The minimum absolute atomic E-state index is 0.135. The van der Waals surface area contributed by atoms with Crippen LogP contribution in [0, 0.1) is 17.8 Å². The van der Waals surface area contributed by atoms with Crippen LogP contribution >= 0.6 is 0 Å². The van der Waals surface area contributed by atoms with Crippen LogP contribution in [0.25, 0.3) is 0 Å². The van der Waals surface area contributed by atoms with Gasteiger partial charge in [0.15, 0.2) is 0 Å². The predicted octanol–water partition coefficient (Wildman–Crippen LogP) is 4.59. The van der Waals surface area contributed by atoms with E-state index in [4.69, 9.17) is 4.74 Å². The van der Waals surface area contributed by atoms with Crippen molar-refractivity contribution in [2.24, 2.45) is 17.8 Å². The average Bonchev–Trinajstić information content (AvgIpc) is 3.64. The molecule has 8 heteroatoms. The number of fused-ring (bicyclic) bond motifs is 1. The lowest BCUT2D eigenvalue weighted by molar-refractivity contribution is -0.157. The van der Waals surface area contributed by atoms with E-state index in [2.05, 4.69) is 13.2 Å². The zero-order valence-electron chi connectivity index (χ0n) is 26.1. The molecule has 1 spiro atoms. The van der Waals surface area contributed by atoms with Gasteiger partial charge in [0.25, 0.3) is 0 Å². The zero-order chi connectivity index (χ0) is 31.6. The van der Waals surface area contributed by atoms with E-state index < -0.39 is 35.1 Å². The number of hydrogen-bond acceptors (Lipinski definition) is 5. The molecule has 2 bridgehead atoms. The van der Waals surface area contributed by atoms with Crippen LogP contribution in [0.15, 0.2) is 86.0 Å². The Balaban J connectivity index is 1.63. The lowest BCUT2D eigenvalue weighted by atomic mass is 9.64. The van der Waals surface area contributed by atoms with Crippen LogP contribution in [0.4, 0.5) is 5.69 Å². The highest BCUT2D eigenvalue weighted by atomic mass is 16.5. The number of likely N-dealkylation sites (tertiary alicyclic amines) is 1. The number of ether oxygens (including phenoxy) is 1. The third kappa shape index (κ3) is 5.08. The molecule has 2 aromatic rings. The van der Waals surface area contributed by atoms with Gasteiger partial charge >= 0.3 is 0 Å². The van der Waals surface area contributed by atoms with Crippen molar-refractivity contribution < 1.29 is 24.2 Å². The van der Waals surface area contributed by atoms with Gasteiger partial charge < -0.3 is 24.5 Å². The molecular formula is C36H45N3O5. The third-order valence-corrected chi connectivity index (χ3v) is 9.96. The number of aliphatic hydroxyl groups is 1. The second-order valence-electron chi connectivity index (χ2n) is 12.6. The number of para-hydroxylation sites is 1. The molecule has 3 aliphatic rings. The molecule has 8 nitrogen and oxygen atoms in total. The van der Waals surface area contributed by atoms with E-state index in [1.165, 1.54) is 0 Å². The molecule has 0 radical (unpaired) electrons. The second-order valence-corrected chi connectivity index (χ2v) is 12.6. The number of carbonyl (C=O) groups is 3. The van der Waals surface area contributed by atoms with Crippen LogP contribution in [0.2, 0.25) is 0 Å². The van der Waals surface area contributed by atoms with Crippen molar-refractivity contribution in [2.75, 3.05) is 24.6 Å². The van der Waals surface area contributed by atoms with Crippen molar-refractivity contribution in [3.8, 4) is 0 Å². The van der Waals surface area contributed by atoms with E-state index in [1.54, 1.807) is 26.9 Å². The minimum atomic E-state index is -1.19. The number of hydrogen-bond donors (Lipinski definition) is 1. The van der Waals surface area contributed by atoms with Crippen LogP contribution in [0.1, 0.15) is 45.6 Å². The lowest BCUT2D eigenvalue weighted by Gasteiger charge is -2.40. The Labute approximate surface area is 261 Å². The second kappa shape index (κ2) is 12.7. The maximum Gasteiger partial charge on any atom is 0.249 e.